The van der Waals surface area contributed by atoms with Crippen LogP contribution in [0.3, 0.4) is 0 Å². The summed E-state index contributed by atoms with van der Waals surface area (Å²) < 4.78 is 1.91. The van der Waals surface area contributed by atoms with Crippen molar-refractivity contribution < 1.29 is 4.79 Å². The Labute approximate surface area is 182 Å². The summed E-state index contributed by atoms with van der Waals surface area (Å²) in [7, 11) is 0. The number of nitrogens with one attached hydrogen (secondary N) is 1. The molecule has 6 nitrogen and oxygen atoms in total. The van der Waals surface area contributed by atoms with Gasteiger partial charge in [-0.05, 0) is 49.8 Å². The molecule has 162 valence electrons. The maximum Gasteiger partial charge on any atom is 0.326 e. The van der Waals surface area contributed by atoms with E-state index in [4.69, 9.17) is 0 Å². The molecule has 5 rings (SSSR count). The van der Waals surface area contributed by atoms with E-state index in [2.05, 4.69) is 26.9 Å². The second-order valence-corrected chi connectivity index (χ2v) is 8.78. The number of aromatic nitrogens is 2. The van der Waals surface area contributed by atoms with E-state index in [1.165, 1.54) is 6.42 Å². The summed E-state index contributed by atoms with van der Waals surface area (Å²) in [6.07, 6.45) is 5.12. The Balaban J connectivity index is 1.37. The molecule has 6 heteroatoms. The normalized spacial score (nSPS) is 19.5. The van der Waals surface area contributed by atoms with Gasteiger partial charge in [0.05, 0.1) is 11.0 Å². The number of H-pyrrole nitrogens is 1. The van der Waals surface area contributed by atoms with Crippen molar-refractivity contribution in [2.24, 2.45) is 0 Å². The monoisotopic (exact) mass is 418 g/mol. The van der Waals surface area contributed by atoms with Gasteiger partial charge in [0, 0.05) is 32.2 Å². The van der Waals surface area contributed by atoms with Crippen molar-refractivity contribution in [2.75, 3.05) is 26.2 Å². The first-order valence-electron chi connectivity index (χ1n) is 11.5. The molecule has 2 fully saturated rings. The van der Waals surface area contributed by atoms with Crippen molar-refractivity contribution in [2.45, 2.75) is 44.2 Å². The number of likely N-dealkylation sites (tertiary alicyclic amines) is 2. The van der Waals surface area contributed by atoms with Crippen LogP contribution >= 0.6 is 0 Å². The molecule has 31 heavy (non-hydrogen) atoms. The van der Waals surface area contributed by atoms with Crippen LogP contribution in [0.15, 0.2) is 59.4 Å². The highest BCUT2D eigenvalue weighted by Gasteiger charge is 2.35. The number of piperidine rings is 2. The number of aromatic amines is 1. The fraction of sp³-hybridized carbons (Fsp3) is 0.440. The smallest absolute Gasteiger partial charge is 0.326 e. The molecule has 2 saturated heterocycles. The number of amides is 1. The second-order valence-electron chi connectivity index (χ2n) is 8.78. The Bertz CT molecular complexity index is 1090. The van der Waals surface area contributed by atoms with Gasteiger partial charge in [-0.15, -0.1) is 0 Å². The van der Waals surface area contributed by atoms with Gasteiger partial charge in [0.25, 0.3) is 0 Å². The van der Waals surface area contributed by atoms with Gasteiger partial charge >= 0.3 is 5.69 Å². The van der Waals surface area contributed by atoms with Gasteiger partial charge in [0.15, 0.2) is 0 Å². The number of fused-ring (bicyclic) bond motifs is 1. The fourth-order valence-corrected chi connectivity index (χ4v) is 5.27. The van der Waals surface area contributed by atoms with Crippen LogP contribution in [0, 0.1) is 0 Å². The van der Waals surface area contributed by atoms with Gasteiger partial charge < -0.3 is 9.88 Å². The Morgan fingerprint density at radius 3 is 2.29 bits per heavy atom. The number of rotatable bonds is 4. The van der Waals surface area contributed by atoms with E-state index in [9.17, 15) is 9.59 Å². The summed E-state index contributed by atoms with van der Waals surface area (Å²) in [4.78, 5) is 33.5. The lowest BCUT2D eigenvalue weighted by Gasteiger charge is -2.40. The van der Waals surface area contributed by atoms with Gasteiger partial charge in [-0.1, -0.05) is 42.5 Å². The Kier molecular flexibility index (Phi) is 5.64. The number of hydrogen-bond donors (Lipinski definition) is 1. The van der Waals surface area contributed by atoms with Crippen LogP contribution < -0.4 is 5.69 Å². The molecular formula is C25H30N4O2. The highest BCUT2D eigenvalue weighted by Crippen LogP contribution is 2.32. The van der Waals surface area contributed by atoms with Gasteiger partial charge in [0.1, 0.15) is 6.04 Å². The van der Waals surface area contributed by atoms with E-state index in [0.29, 0.717) is 0 Å². The molecule has 1 amide bonds. The van der Waals surface area contributed by atoms with Gasteiger partial charge in [-0.3, -0.25) is 14.3 Å². The first-order chi connectivity index (χ1) is 15.2. The number of para-hydroxylation sites is 2. The molecule has 0 spiro atoms. The number of carbonyl (C=O) groups is 1. The third-order valence-electron chi connectivity index (χ3n) is 6.87. The van der Waals surface area contributed by atoms with Crippen molar-refractivity contribution in [1.82, 2.24) is 19.4 Å². The van der Waals surface area contributed by atoms with Crippen LogP contribution in [0.1, 0.15) is 49.8 Å². The Morgan fingerprint density at radius 2 is 1.55 bits per heavy atom. The number of hydrogen-bond acceptors (Lipinski definition) is 3. The fourth-order valence-electron chi connectivity index (χ4n) is 5.27. The summed E-state index contributed by atoms with van der Waals surface area (Å²) in [5, 5.41) is 0. The second kappa shape index (κ2) is 8.71. The maximum absolute atomic E-state index is 13.6. The van der Waals surface area contributed by atoms with Crippen LogP contribution in [-0.4, -0.2) is 51.4 Å². The minimum absolute atomic E-state index is 0.0383. The zero-order chi connectivity index (χ0) is 21.2. The minimum atomic E-state index is -0.236. The number of imidazole rings is 1. The van der Waals surface area contributed by atoms with Crippen molar-refractivity contribution in [3.05, 3.63) is 70.6 Å². The van der Waals surface area contributed by atoms with E-state index in [1.807, 2.05) is 47.0 Å². The predicted molar refractivity (Wildman–Crippen MR) is 122 cm³/mol. The lowest BCUT2D eigenvalue weighted by Crippen LogP contribution is -2.47. The van der Waals surface area contributed by atoms with E-state index < -0.39 is 0 Å². The predicted octanol–water partition coefficient (Wildman–Crippen LogP) is 3.72. The van der Waals surface area contributed by atoms with Crippen molar-refractivity contribution in [1.29, 1.82) is 0 Å². The van der Waals surface area contributed by atoms with Gasteiger partial charge in [0.2, 0.25) is 5.91 Å². The highest BCUT2D eigenvalue weighted by atomic mass is 16.2. The summed E-state index contributed by atoms with van der Waals surface area (Å²) in [6, 6.07) is 18.0. The van der Waals surface area contributed by atoms with Crippen molar-refractivity contribution >= 4 is 16.9 Å². The van der Waals surface area contributed by atoms with Crippen LogP contribution in [0.25, 0.3) is 11.0 Å². The molecule has 0 bridgehead atoms. The zero-order valence-electron chi connectivity index (χ0n) is 17.9. The average molecular weight is 419 g/mol. The van der Waals surface area contributed by atoms with E-state index in [0.717, 1.165) is 68.5 Å². The van der Waals surface area contributed by atoms with Crippen LogP contribution in [0.4, 0.5) is 0 Å². The number of nitrogens with zero attached hydrogens (tertiary/aromatic N) is 3. The third-order valence-corrected chi connectivity index (χ3v) is 6.87. The van der Waals surface area contributed by atoms with E-state index in [-0.39, 0.29) is 23.7 Å². The average Bonchev–Trinajstić information content (AvgIpc) is 3.16. The molecule has 2 aliphatic rings. The number of carbonyl (C=O) groups excluding carboxylic acids is 1. The zero-order valence-corrected chi connectivity index (χ0v) is 17.9. The van der Waals surface area contributed by atoms with Crippen molar-refractivity contribution in [3.63, 3.8) is 0 Å². The van der Waals surface area contributed by atoms with Crippen molar-refractivity contribution in [3.8, 4) is 0 Å². The molecule has 0 saturated carbocycles. The van der Waals surface area contributed by atoms with Gasteiger partial charge in [-0.2, -0.15) is 0 Å². The molecule has 1 atom stereocenters. The van der Waals surface area contributed by atoms with Gasteiger partial charge in [-0.25, -0.2) is 4.79 Å². The lowest BCUT2D eigenvalue weighted by molar-refractivity contribution is -0.138. The van der Waals surface area contributed by atoms with E-state index in [1.54, 1.807) is 0 Å². The summed E-state index contributed by atoms with van der Waals surface area (Å²) in [5.41, 5.74) is 2.89. The molecular weight excluding hydrogens is 388 g/mol. The first-order valence-corrected chi connectivity index (χ1v) is 11.5. The summed E-state index contributed by atoms with van der Waals surface area (Å²) in [6.45, 7) is 3.33. The summed E-state index contributed by atoms with van der Waals surface area (Å²) in [5.74, 6) is 0.230. The largest absolute Gasteiger partial charge is 0.341 e. The molecule has 1 aromatic heterocycles. The molecule has 2 aromatic carbocycles. The molecule has 1 N–H and O–H groups in total. The Morgan fingerprint density at radius 1 is 0.871 bits per heavy atom. The number of benzene rings is 2. The SMILES string of the molecule is O=C([C@@H](c1ccccc1)N1CCC(n2c(=O)[nH]c3ccccc32)CC1)N1CCCCC1. The quantitative estimate of drug-likeness (QED) is 0.702. The Hall–Kier alpha value is -2.86. The lowest BCUT2D eigenvalue weighted by atomic mass is 9.97. The third kappa shape index (κ3) is 3.92. The minimum Gasteiger partial charge on any atom is -0.341 e. The molecule has 3 aromatic rings. The van der Waals surface area contributed by atoms with Crippen LogP contribution in [0.2, 0.25) is 0 Å². The molecule has 0 unspecified atom stereocenters. The first kappa shape index (κ1) is 20.1. The highest BCUT2D eigenvalue weighted by molar-refractivity contribution is 5.83. The van der Waals surface area contributed by atoms with Crippen LogP contribution in [0.5, 0.6) is 0 Å². The summed E-state index contributed by atoms with van der Waals surface area (Å²) >= 11 is 0. The molecule has 0 aliphatic carbocycles. The molecule has 2 aliphatic heterocycles. The topological polar surface area (TPSA) is 61.3 Å². The standard InChI is InChI=1S/C25H30N4O2/c30-24(28-15-7-2-8-16-28)23(19-9-3-1-4-10-19)27-17-13-20(14-18-27)29-22-12-6-5-11-21(22)26-25(29)31/h1,3-6,9-12,20,23H,2,7-8,13-18H2,(H,26,31)/t23-/m1/s1. The molecule has 0 radical (unpaired) electrons. The van der Waals surface area contributed by atoms with E-state index >= 15 is 0 Å². The molecule has 3 heterocycles. The van der Waals surface area contributed by atoms with Crippen LogP contribution in [-0.2, 0) is 4.79 Å². The maximum atomic E-state index is 13.6.